The molecule has 0 saturated carbocycles. The van der Waals surface area contributed by atoms with Crippen molar-refractivity contribution in [2.24, 2.45) is 5.10 Å². The number of amides is 1. The maximum atomic E-state index is 12.0. The molecule has 0 aliphatic heterocycles. The van der Waals surface area contributed by atoms with Crippen LogP contribution in [0, 0.1) is 10.1 Å². The van der Waals surface area contributed by atoms with E-state index < -0.39 is 10.8 Å². The molecule has 0 radical (unpaired) electrons. The molecule has 0 aliphatic carbocycles. The fourth-order valence-electron chi connectivity index (χ4n) is 2.83. The molecule has 0 heterocycles. The lowest BCUT2D eigenvalue weighted by Gasteiger charge is -2.14. The number of non-ortho nitro benzene ring substituents is 1. The molecule has 0 saturated heterocycles. The number of nitro groups is 1. The minimum Gasteiger partial charge on any atom is -0.493 e. The van der Waals surface area contributed by atoms with Crippen LogP contribution in [0.25, 0.3) is 6.08 Å². The Morgan fingerprint density at radius 2 is 1.89 bits per heavy atom. The molecule has 180 valence electrons. The van der Waals surface area contributed by atoms with Crippen LogP contribution in [-0.4, -0.2) is 24.2 Å². The van der Waals surface area contributed by atoms with Crippen molar-refractivity contribution in [1.29, 1.82) is 0 Å². The Morgan fingerprint density at radius 1 is 1.14 bits per heavy atom. The highest BCUT2D eigenvalue weighted by atomic mass is 79.9. The predicted molar refractivity (Wildman–Crippen MR) is 139 cm³/mol. The monoisotopic (exact) mass is 577 g/mol. The average molecular weight is 579 g/mol. The van der Waals surface area contributed by atoms with Crippen molar-refractivity contribution in [1.82, 2.24) is 5.43 Å². The zero-order chi connectivity index (χ0) is 25.4. The summed E-state index contributed by atoms with van der Waals surface area (Å²) in [7, 11) is 1.51. The van der Waals surface area contributed by atoms with E-state index in [0.29, 0.717) is 37.1 Å². The van der Waals surface area contributed by atoms with Gasteiger partial charge in [0.1, 0.15) is 6.61 Å². The molecule has 1 N–H and O–H groups in total. The van der Waals surface area contributed by atoms with E-state index in [2.05, 4.69) is 26.5 Å². The van der Waals surface area contributed by atoms with E-state index >= 15 is 0 Å². The van der Waals surface area contributed by atoms with Gasteiger partial charge in [-0.05, 0) is 69.5 Å². The smallest absolute Gasteiger partial charge is 0.269 e. The van der Waals surface area contributed by atoms with Gasteiger partial charge >= 0.3 is 0 Å². The molecule has 1 amide bonds. The van der Waals surface area contributed by atoms with Crippen molar-refractivity contribution < 1.29 is 19.2 Å². The average Bonchev–Trinajstić information content (AvgIpc) is 2.83. The number of ether oxygens (including phenoxy) is 2. The molecule has 0 aliphatic rings. The molecule has 3 aromatic rings. The minimum atomic E-state index is -0.490. The van der Waals surface area contributed by atoms with Gasteiger partial charge in [-0.1, -0.05) is 29.3 Å². The first kappa shape index (κ1) is 26.2. The number of nitrogens with zero attached hydrogens (tertiary/aromatic N) is 2. The van der Waals surface area contributed by atoms with Crippen molar-refractivity contribution in [3.63, 3.8) is 0 Å². The second-order valence-corrected chi connectivity index (χ2v) is 8.67. The third kappa shape index (κ3) is 7.54. The Balaban J connectivity index is 1.62. The van der Waals surface area contributed by atoms with Gasteiger partial charge < -0.3 is 9.47 Å². The van der Waals surface area contributed by atoms with Gasteiger partial charge in [0, 0.05) is 33.8 Å². The number of carbonyl (C=O) groups is 1. The Labute approximate surface area is 219 Å². The van der Waals surface area contributed by atoms with E-state index in [0.717, 1.165) is 5.56 Å². The van der Waals surface area contributed by atoms with Gasteiger partial charge in [0.05, 0.1) is 22.7 Å². The lowest BCUT2D eigenvalue weighted by molar-refractivity contribution is -0.384. The van der Waals surface area contributed by atoms with E-state index in [1.807, 2.05) is 0 Å². The SMILES string of the molecule is COc1cc(/C=N\NC(=O)/C=C/c2ccc([N+](=O)[O-])cc2)cc(Br)c1OCc1ccc(Cl)cc1Cl. The van der Waals surface area contributed by atoms with Crippen molar-refractivity contribution in [2.75, 3.05) is 7.11 Å². The van der Waals surface area contributed by atoms with Crippen molar-refractivity contribution in [3.8, 4) is 11.5 Å². The Morgan fingerprint density at radius 3 is 2.54 bits per heavy atom. The van der Waals surface area contributed by atoms with E-state index in [9.17, 15) is 14.9 Å². The molecule has 3 aromatic carbocycles. The number of methoxy groups -OCH3 is 1. The van der Waals surface area contributed by atoms with E-state index in [1.165, 1.54) is 37.6 Å². The number of rotatable bonds is 9. The Hall–Kier alpha value is -3.40. The number of hydrogen-bond donors (Lipinski definition) is 1. The number of halogens is 3. The van der Waals surface area contributed by atoms with Crippen LogP contribution in [0.1, 0.15) is 16.7 Å². The summed E-state index contributed by atoms with van der Waals surface area (Å²) in [4.78, 5) is 22.2. The third-order valence-electron chi connectivity index (χ3n) is 4.56. The summed E-state index contributed by atoms with van der Waals surface area (Å²) >= 11 is 15.6. The van der Waals surface area contributed by atoms with Gasteiger partial charge in [-0.25, -0.2) is 5.43 Å². The molecule has 0 atom stereocenters. The molecular formula is C24H18BrCl2N3O5. The van der Waals surface area contributed by atoms with Crippen molar-refractivity contribution >= 4 is 63.0 Å². The van der Waals surface area contributed by atoms with Crippen LogP contribution in [0.15, 0.2) is 70.2 Å². The highest BCUT2D eigenvalue weighted by Gasteiger charge is 2.13. The van der Waals surface area contributed by atoms with Gasteiger partial charge in [0.25, 0.3) is 11.6 Å². The third-order valence-corrected chi connectivity index (χ3v) is 5.73. The quantitative estimate of drug-likeness (QED) is 0.137. The lowest BCUT2D eigenvalue weighted by atomic mass is 10.2. The molecule has 3 rings (SSSR count). The predicted octanol–water partition coefficient (Wildman–Crippen LogP) is 6.42. The summed E-state index contributed by atoms with van der Waals surface area (Å²) in [6.45, 7) is 0.204. The van der Waals surface area contributed by atoms with Crippen LogP contribution in [0.4, 0.5) is 5.69 Å². The minimum absolute atomic E-state index is 0.0250. The van der Waals surface area contributed by atoms with Crippen LogP contribution in [-0.2, 0) is 11.4 Å². The zero-order valence-electron chi connectivity index (χ0n) is 18.2. The first-order chi connectivity index (χ1) is 16.8. The number of nitro benzene ring substituents is 1. The first-order valence-corrected chi connectivity index (χ1v) is 11.5. The summed E-state index contributed by atoms with van der Waals surface area (Å²) < 4.78 is 11.9. The summed E-state index contributed by atoms with van der Waals surface area (Å²) in [6, 6.07) is 14.4. The highest BCUT2D eigenvalue weighted by Crippen LogP contribution is 2.37. The van der Waals surface area contributed by atoms with Gasteiger partial charge in [0.2, 0.25) is 0 Å². The molecule has 8 nitrogen and oxygen atoms in total. The molecule has 0 unspecified atom stereocenters. The highest BCUT2D eigenvalue weighted by molar-refractivity contribution is 9.10. The van der Waals surface area contributed by atoms with Crippen molar-refractivity contribution in [3.05, 3.63) is 102 Å². The van der Waals surface area contributed by atoms with Gasteiger partial charge in [-0.15, -0.1) is 0 Å². The number of benzene rings is 3. The topological polar surface area (TPSA) is 103 Å². The lowest BCUT2D eigenvalue weighted by Crippen LogP contribution is -2.14. The second kappa shape index (κ2) is 12.3. The maximum absolute atomic E-state index is 12.0. The standard InChI is InChI=1S/C24H18BrCl2N3O5/c1-34-22-11-16(10-20(25)24(22)35-14-17-5-6-18(26)12-21(17)27)13-28-29-23(31)9-4-15-2-7-19(8-3-15)30(32)33/h2-13H,14H2,1H3,(H,29,31)/b9-4+,28-13-. The summed E-state index contributed by atoms with van der Waals surface area (Å²) in [5, 5.41) is 15.7. The largest absolute Gasteiger partial charge is 0.493 e. The molecule has 0 aromatic heterocycles. The number of hydrogen-bond acceptors (Lipinski definition) is 6. The van der Waals surface area contributed by atoms with E-state index in [1.54, 1.807) is 42.5 Å². The van der Waals surface area contributed by atoms with Crippen molar-refractivity contribution in [2.45, 2.75) is 6.61 Å². The summed E-state index contributed by atoms with van der Waals surface area (Å²) in [6.07, 6.45) is 4.24. The summed E-state index contributed by atoms with van der Waals surface area (Å²) in [5.74, 6) is 0.464. The maximum Gasteiger partial charge on any atom is 0.269 e. The zero-order valence-corrected chi connectivity index (χ0v) is 21.3. The van der Waals surface area contributed by atoms with E-state index in [-0.39, 0.29) is 12.3 Å². The molecule has 11 heteroatoms. The number of carbonyl (C=O) groups excluding carboxylic acids is 1. The Bertz CT molecular complexity index is 1300. The number of nitrogens with one attached hydrogen (secondary N) is 1. The summed E-state index contributed by atoms with van der Waals surface area (Å²) in [5.41, 5.74) is 4.40. The molecule has 0 fully saturated rings. The molecule has 0 spiro atoms. The van der Waals surface area contributed by atoms with Crippen LogP contribution in [0.2, 0.25) is 10.0 Å². The van der Waals surface area contributed by atoms with Gasteiger partial charge in [-0.2, -0.15) is 5.10 Å². The fraction of sp³-hybridized carbons (Fsp3) is 0.0833. The first-order valence-electron chi connectivity index (χ1n) is 9.96. The normalized spacial score (nSPS) is 11.1. The Kier molecular flexibility index (Phi) is 9.25. The molecule has 0 bridgehead atoms. The van der Waals surface area contributed by atoms with Gasteiger partial charge in [0.15, 0.2) is 11.5 Å². The van der Waals surface area contributed by atoms with Crippen LogP contribution in [0.5, 0.6) is 11.5 Å². The van der Waals surface area contributed by atoms with E-state index in [4.69, 9.17) is 32.7 Å². The number of hydrazone groups is 1. The fourth-order valence-corrected chi connectivity index (χ4v) is 3.87. The molecular weight excluding hydrogens is 561 g/mol. The van der Waals surface area contributed by atoms with Crippen LogP contribution in [0.3, 0.4) is 0 Å². The van der Waals surface area contributed by atoms with Crippen LogP contribution < -0.4 is 14.9 Å². The van der Waals surface area contributed by atoms with Gasteiger partial charge in [-0.3, -0.25) is 14.9 Å². The molecule has 35 heavy (non-hydrogen) atoms. The second-order valence-electron chi connectivity index (χ2n) is 6.97. The van der Waals surface area contributed by atoms with Crippen LogP contribution >= 0.6 is 39.1 Å².